The number of aliphatic hydroxyl groups is 1. The van der Waals surface area contributed by atoms with Gasteiger partial charge in [-0.15, -0.1) is 11.3 Å². The fourth-order valence-corrected chi connectivity index (χ4v) is 3.09. The van der Waals surface area contributed by atoms with Crippen molar-refractivity contribution in [3.63, 3.8) is 0 Å². The van der Waals surface area contributed by atoms with E-state index >= 15 is 0 Å². The summed E-state index contributed by atoms with van der Waals surface area (Å²) in [6.07, 6.45) is 2.31. The van der Waals surface area contributed by atoms with Crippen LogP contribution in [0.1, 0.15) is 12.8 Å². The minimum Gasteiger partial charge on any atom is -0.393 e. The lowest BCUT2D eigenvalue weighted by Crippen LogP contribution is -2.42. The monoisotopic (exact) mass is 293 g/mol. The molecule has 0 saturated carbocycles. The van der Waals surface area contributed by atoms with Gasteiger partial charge in [0.15, 0.2) is 0 Å². The van der Waals surface area contributed by atoms with E-state index in [1.165, 1.54) is 22.2 Å². The number of fused-ring (bicyclic) bond motifs is 1. The summed E-state index contributed by atoms with van der Waals surface area (Å²) in [7, 11) is 0. The van der Waals surface area contributed by atoms with Crippen molar-refractivity contribution in [3.05, 3.63) is 28.1 Å². The van der Waals surface area contributed by atoms with Crippen molar-refractivity contribution in [1.82, 2.24) is 14.5 Å². The molecule has 1 amide bonds. The van der Waals surface area contributed by atoms with Crippen LogP contribution in [0.4, 0.5) is 0 Å². The highest BCUT2D eigenvalue weighted by molar-refractivity contribution is 7.16. The molecule has 3 heterocycles. The molecule has 0 spiro atoms. The SMILES string of the molecule is O=C(Cn1cnc2sccc2c1=O)N1CCC(O)CC1. The van der Waals surface area contributed by atoms with E-state index in [-0.39, 0.29) is 24.1 Å². The van der Waals surface area contributed by atoms with Gasteiger partial charge >= 0.3 is 0 Å². The van der Waals surface area contributed by atoms with Crippen molar-refractivity contribution in [1.29, 1.82) is 0 Å². The highest BCUT2D eigenvalue weighted by Crippen LogP contribution is 2.14. The first-order valence-corrected chi connectivity index (χ1v) is 7.41. The third kappa shape index (κ3) is 2.46. The summed E-state index contributed by atoms with van der Waals surface area (Å²) in [5.41, 5.74) is -0.179. The number of aromatic nitrogens is 2. The first-order chi connectivity index (χ1) is 9.65. The summed E-state index contributed by atoms with van der Waals surface area (Å²) in [6, 6.07) is 1.73. The molecule has 106 valence electrons. The van der Waals surface area contributed by atoms with Gasteiger partial charge in [-0.05, 0) is 24.3 Å². The Morgan fingerprint density at radius 2 is 2.20 bits per heavy atom. The van der Waals surface area contributed by atoms with Crippen LogP contribution < -0.4 is 5.56 Å². The summed E-state index contributed by atoms with van der Waals surface area (Å²) in [6.45, 7) is 1.10. The molecular formula is C13H15N3O3S. The number of carbonyl (C=O) groups is 1. The fraction of sp³-hybridized carbons (Fsp3) is 0.462. The minimum absolute atomic E-state index is 0.00765. The Kier molecular flexibility index (Phi) is 3.54. The first kappa shape index (κ1) is 13.3. The van der Waals surface area contributed by atoms with Crippen molar-refractivity contribution in [2.45, 2.75) is 25.5 Å². The molecule has 0 aromatic carbocycles. The van der Waals surface area contributed by atoms with Crippen molar-refractivity contribution >= 4 is 27.5 Å². The van der Waals surface area contributed by atoms with Crippen LogP contribution in [-0.4, -0.2) is 44.7 Å². The number of hydrogen-bond donors (Lipinski definition) is 1. The fourth-order valence-electron chi connectivity index (χ4n) is 2.37. The van der Waals surface area contributed by atoms with E-state index in [1.54, 1.807) is 11.0 Å². The predicted octanol–water partition coefficient (Wildman–Crippen LogP) is 0.441. The number of amides is 1. The smallest absolute Gasteiger partial charge is 0.262 e. The number of aliphatic hydroxyl groups excluding tert-OH is 1. The number of thiophene rings is 1. The number of hydrogen-bond acceptors (Lipinski definition) is 5. The largest absolute Gasteiger partial charge is 0.393 e. The van der Waals surface area contributed by atoms with E-state index in [9.17, 15) is 14.7 Å². The third-order valence-electron chi connectivity index (χ3n) is 3.57. The second-order valence-electron chi connectivity index (χ2n) is 4.93. The van der Waals surface area contributed by atoms with Crippen LogP contribution in [-0.2, 0) is 11.3 Å². The molecule has 0 unspecified atom stereocenters. The Morgan fingerprint density at radius 3 is 2.95 bits per heavy atom. The normalized spacial score (nSPS) is 16.8. The van der Waals surface area contributed by atoms with Gasteiger partial charge < -0.3 is 10.0 Å². The Balaban J connectivity index is 1.77. The van der Waals surface area contributed by atoms with Gasteiger partial charge in [0.1, 0.15) is 11.4 Å². The molecule has 1 saturated heterocycles. The van der Waals surface area contributed by atoms with Crippen LogP contribution in [0.25, 0.3) is 10.2 Å². The summed E-state index contributed by atoms with van der Waals surface area (Å²) < 4.78 is 1.35. The van der Waals surface area contributed by atoms with E-state index < -0.39 is 0 Å². The molecule has 20 heavy (non-hydrogen) atoms. The van der Waals surface area contributed by atoms with Gasteiger partial charge in [-0.2, -0.15) is 0 Å². The summed E-state index contributed by atoms with van der Waals surface area (Å²) >= 11 is 1.41. The van der Waals surface area contributed by atoms with Crippen LogP contribution in [0.5, 0.6) is 0 Å². The van der Waals surface area contributed by atoms with E-state index in [4.69, 9.17) is 0 Å². The molecule has 1 aliphatic heterocycles. The predicted molar refractivity (Wildman–Crippen MR) is 75.7 cm³/mol. The van der Waals surface area contributed by atoms with Crippen LogP contribution in [0, 0.1) is 0 Å². The third-order valence-corrected chi connectivity index (χ3v) is 4.39. The Bertz CT molecular complexity index is 685. The molecule has 2 aromatic rings. The lowest BCUT2D eigenvalue weighted by molar-refractivity contribution is -0.133. The highest BCUT2D eigenvalue weighted by atomic mass is 32.1. The zero-order valence-corrected chi connectivity index (χ0v) is 11.7. The lowest BCUT2D eigenvalue weighted by atomic mass is 10.1. The van der Waals surface area contributed by atoms with Crippen molar-refractivity contribution < 1.29 is 9.90 Å². The summed E-state index contributed by atoms with van der Waals surface area (Å²) in [4.78, 5) is 30.9. The molecule has 1 N–H and O–H groups in total. The molecule has 0 aliphatic carbocycles. The number of nitrogens with zero attached hydrogens (tertiary/aromatic N) is 3. The number of likely N-dealkylation sites (tertiary alicyclic amines) is 1. The van der Waals surface area contributed by atoms with Gasteiger partial charge in [0.2, 0.25) is 5.91 Å². The van der Waals surface area contributed by atoms with Crippen molar-refractivity contribution in [3.8, 4) is 0 Å². The van der Waals surface area contributed by atoms with Gasteiger partial charge in [0.05, 0.1) is 17.8 Å². The molecule has 7 heteroatoms. The molecule has 2 aromatic heterocycles. The molecule has 0 atom stereocenters. The second kappa shape index (κ2) is 5.34. The van der Waals surface area contributed by atoms with Gasteiger partial charge in [0, 0.05) is 13.1 Å². The first-order valence-electron chi connectivity index (χ1n) is 6.53. The maximum atomic E-state index is 12.2. The average molecular weight is 293 g/mol. The molecular weight excluding hydrogens is 278 g/mol. The molecule has 1 fully saturated rings. The van der Waals surface area contributed by atoms with Crippen LogP contribution >= 0.6 is 11.3 Å². The zero-order chi connectivity index (χ0) is 14.1. The van der Waals surface area contributed by atoms with E-state index in [0.717, 1.165) is 0 Å². The Morgan fingerprint density at radius 1 is 1.45 bits per heavy atom. The van der Waals surface area contributed by atoms with Gasteiger partial charge in [-0.25, -0.2) is 4.98 Å². The van der Waals surface area contributed by atoms with Crippen LogP contribution in [0.3, 0.4) is 0 Å². The Hall–Kier alpha value is -1.73. The van der Waals surface area contributed by atoms with Gasteiger partial charge in [-0.3, -0.25) is 14.2 Å². The second-order valence-corrected chi connectivity index (χ2v) is 5.82. The van der Waals surface area contributed by atoms with E-state index in [0.29, 0.717) is 36.1 Å². The molecule has 1 aliphatic rings. The van der Waals surface area contributed by atoms with Crippen molar-refractivity contribution in [2.75, 3.05) is 13.1 Å². The van der Waals surface area contributed by atoms with E-state index in [2.05, 4.69) is 4.98 Å². The quantitative estimate of drug-likeness (QED) is 0.872. The minimum atomic E-state index is -0.314. The summed E-state index contributed by atoms with van der Waals surface area (Å²) in [5.74, 6) is -0.102. The molecule has 0 bridgehead atoms. The maximum Gasteiger partial charge on any atom is 0.262 e. The summed E-state index contributed by atoms with van der Waals surface area (Å²) in [5, 5.41) is 11.8. The van der Waals surface area contributed by atoms with Crippen molar-refractivity contribution in [2.24, 2.45) is 0 Å². The number of rotatable bonds is 2. The van der Waals surface area contributed by atoms with Gasteiger partial charge in [-0.1, -0.05) is 0 Å². The number of piperidine rings is 1. The zero-order valence-electron chi connectivity index (χ0n) is 10.9. The van der Waals surface area contributed by atoms with Crippen LogP contribution in [0.2, 0.25) is 0 Å². The topological polar surface area (TPSA) is 75.4 Å². The Labute approximate surface area is 119 Å². The molecule has 6 nitrogen and oxygen atoms in total. The molecule has 3 rings (SSSR count). The maximum absolute atomic E-state index is 12.2. The number of carbonyl (C=O) groups excluding carboxylic acids is 1. The molecule has 0 radical (unpaired) electrons. The lowest BCUT2D eigenvalue weighted by Gasteiger charge is -2.29. The highest BCUT2D eigenvalue weighted by Gasteiger charge is 2.21. The van der Waals surface area contributed by atoms with E-state index in [1.807, 2.05) is 5.38 Å². The van der Waals surface area contributed by atoms with Crippen LogP contribution in [0.15, 0.2) is 22.6 Å². The average Bonchev–Trinajstić information content (AvgIpc) is 2.92. The van der Waals surface area contributed by atoms with Gasteiger partial charge in [0.25, 0.3) is 5.56 Å². The standard InChI is InChI=1S/C13H15N3O3S/c17-9-1-4-15(5-2-9)11(18)7-16-8-14-12-10(13(16)19)3-6-20-12/h3,6,8-9,17H,1-2,4-5,7H2.